The third-order valence-electron chi connectivity index (χ3n) is 6.09. The second kappa shape index (κ2) is 7.49. The van der Waals surface area contributed by atoms with E-state index >= 15 is 0 Å². The van der Waals surface area contributed by atoms with Gasteiger partial charge in [0.05, 0.1) is 36.2 Å². The number of halogens is 3. The number of anilines is 1. The molecule has 0 amide bonds. The van der Waals surface area contributed by atoms with Crippen LogP contribution in [0.5, 0.6) is 0 Å². The molecule has 1 N–H and O–H groups in total. The molecule has 164 valence electrons. The summed E-state index contributed by atoms with van der Waals surface area (Å²) in [4.78, 5) is 11.2. The number of aliphatic hydroxyl groups excluding tert-OH is 1. The van der Waals surface area contributed by atoms with Crippen LogP contribution in [-0.2, 0) is 24.0 Å². The molecule has 0 spiro atoms. The van der Waals surface area contributed by atoms with Crippen molar-refractivity contribution in [2.45, 2.75) is 38.1 Å². The van der Waals surface area contributed by atoms with Gasteiger partial charge in [-0.2, -0.15) is 13.2 Å². The van der Waals surface area contributed by atoms with Gasteiger partial charge in [-0.15, -0.1) is 0 Å². The van der Waals surface area contributed by atoms with Gasteiger partial charge in [0, 0.05) is 25.3 Å². The van der Waals surface area contributed by atoms with Gasteiger partial charge in [-0.3, -0.25) is 0 Å². The third kappa shape index (κ3) is 3.87. The minimum atomic E-state index is -4.34. The lowest BCUT2D eigenvalue weighted by molar-refractivity contribution is -0.144. The molecule has 0 unspecified atom stereocenters. The highest BCUT2D eigenvalue weighted by Gasteiger charge is 2.39. The highest BCUT2D eigenvalue weighted by molar-refractivity contribution is 5.88. The van der Waals surface area contributed by atoms with Crippen molar-refractivity contribution in [2.75, 3.05) is 24.7 Å². The molecule has 3 heterocycles. The number of alkyl halides is 3. The van der Waals surface area contributed by atoms with E-state index in [0.717, 1.165) is 47.4 Å². The number of aromatic nitrogens is 3. The Kier molecular flexibility index (Phi) is 4.90. The molecule has 2 aromatic heterocycles. The van der Waals surface area contributed by atoms with Crippen LogP contribution in [0.1, 0.15) is 24.0 Å². The van der Waals surface area contributed by atoms with Gasteiger partial charge in [0.15, 0.2) is 0 Å². The van der Waals surface area contributed by atoms with Gasteiger partial charge < -0.3 is 19.3 Å². The number of benzene rings is 1. The molecule has 0 bridgehead atoms. The third-order valence-corrected chi connectivity index (χ3v) is 6.09. The number of hydrogen-bond acceptors (Lipinski definition) is 5. The molecule has 2 fully saturated rings. The van der Waals surface area contributed by atoms with Crippen molar-refractivity contribution in [1.29, 1.82) is 0 Å². The summed E-state index contributed by atoms with van der Waals surface area (Å²) in [7, 11) is 0. The minimum absolute atomic E-state index is 0.0483. The summed E-state index contributed by atoms with van der Waals surface area (Å²) in [5, 5.41) is 10.7. The molecule has 31 heavy (non-hydrogen) atoms. The molecular formula is C22H23F3N4O2. The van der Waals surface area contributed by atoms with E-state index in [2.05, 4.69) is 14.9 Å². The lowest BCUT2D eigenvalue weighted by Gasteiger charge is -2.40. The summed E-state index contributed by atoms with van der Waals surface area (Å²) in [6.07, 6.45) is 1.18. The number of aliphatic hydroxyl groups is 1. The van der Waals surface area contributed by atoms with Crippen LogP contribution in [0.4, 0.5) is 19.0 Å². The Morgan fingerprint density at radius 2 is 1.87 bits per heavy atom. The number of ether oxygens (including phenoxy) is 1. The van der Waals surface area contributed by atoms with E-state index < -0.39 is 11.7 Å². The Labute approximate surface area is 177 Å². The van der Waals surface area contributed by atoms with Crippen molar-refractivity contribution in [1.82, 2.24) is 14.5 Å². The van der Waals surface area contributed by atoms with Gasteiger partial charge in [-0.1, -0.05) is 12.1 Å². The van der Waals surface area contributed by atoms with Crippen LogP contribution >= 0.6 is 0 Å². The zero-order chi connectivity index (χ0) is 21.6. The second-order valence-electron chi connectivity index (χ2n) is 8.58. The van der Waals surface area contributed by atoms with Crippen LogP contribution in [0.2, 0.25) is 0 Å². The fourth-order valence-corrected chi connectivity index (χ4v) is 4.09. The van der Waals surface area contributed by atoms with Crippen molar-refractivity contribution in [3.63, 3.8) is 0 Å². The standard InChI is InChI=1S/C22H23F3N4O2/c23-22(24,25)16-3-1-15(2-4-16)9-29(17-5-6-17)20-18-7-8-28(19(18)26-14-27-20)10-21(11-30)12-31-13-21/h1-4,7-8,14,17,30H,5-6,9-13H2. The van der Waals surface area contributed by atoms with Crippen LogP contribution < -0.4 is 4.90 Å². The SMILES string of the molecule is OCC1(Cn2ccc3c(N(Cc4ccc(C(F)(F)F)cc4)C4CC4)ncnc32)COC1. The van der Waals surface area contributed by atoms with E-state index in [9.17, 15) is 18.3 Å². The highest BCUT2D eigenvalue weighted by Crippen LogP contribution is 2.37. The summed E-state index contributed by atoms with van der Waals surface area (Å²) >= 11 is 0. The normalized spacial score (nSPS) is 18.2. The Morgan fingerprint density at radius 1 is 1.13 bits per heavy atom. The Hall–Kier alpha value is -2.65. The molecule has 1 aliphatic heterocycles. The smallest absolute Gasteiger partial charge is 0.396 e. The van der Waals surface area contributed by atoms with Gasteiger partial charge in [0.1, 0.15) is 17.8 Å². The van der Waals surface area contributed by atoms with Crippen LogP contribution in [0.25, 0.3) is 11.0 Å². The monoisotopic (exact) mass is 432 g/mol. The van der Waals surface area contributed by atoms with Crippen LogP contribution in [0.15, 0.2) is 42.9 Å². The second-order valence-corrected chi connectivity index (χ2v) is 8.58. The molecule has 1 aromatic carbocycles. The van der Waals surface area contributed by atoms with E-state index in [4.69, 9.17) is 4.74 Å². The largest absolute Gasteiger partial charge is 0.416 e. The lowest BCUT2D eigenvalue weighted by atomic mass is 9.87. The van der Waals surface area contributed by atoms with Crippen molar-refractivity contribution >= 4 is 16.9 Å². The number of nitrogens with zero attached hydrogens (tertiary/aromatic N) is 4. The molecule has 2 aliphatic rings. The predicted molar refractivity (Wildman–Crippen MR) is 109 cm³/mol. The summed E-state index contributed by atoms with van der Waals surface area (Å²) in [5.41, 5.74) is 0.654. The Balaban J connectivity index is 1.44. The molecule has 0 radical (unpaired) electrons. The van der Waals surface area contributed by atoms with E-state index in [0.29, 0.717) is 32.3 Å². The number of hydrogen-bond donors (Lipinski definition) is 1. The zero-order valence-corrected chi connectivity index (χ0v) is 16.8. The lowest BCUT2D eigenvalue weighted by Crippen LogP contribution is -2.48. The Morgan fingerprint density at radius 3 is 2.45 bits per heavy atom. The average molecular weight is 432 g/mol. The van der Waals surface area contributed by atoms with Crippen LogP contribution in [0, 0.1) is 5.41 Å². The van der Waals surface area contributed by atoms with Crippen molar-refractivity contribution in [3.8, 4) is 0 Å². The maximum Gasteiger partial charge on any atom is 0.416 e. The number of rotatable bonds is 7. The first-order chi connectivity index (χ1) is 14.9. The minimum Gasteiger partial charge on any atom is -0.396 e. The molecule has 0 atom stereocenters. The van der Waals surface area contributed by atoms with Crippen molar-refractivity contribution in [2.24, 2.45) is 5.41 Å². The molecular weight excluding hydrogens is 409 g/mol. The number of fused-ring (bicyclic) bond motifs is 1. The van der Waals surface area contributed by atoms with Gasteiger partial charge in [0.25, 0.3) is 0 Å². The van der Waals surface area contributed by atoms with E-state index in [1.807, 2.05) is 16.8 Å². The highest BCUT2D eigenvalue weighted by atomic mass is 19.4. The summed E-state index contributed by atoms with van der Waals surface area (Å²) in [5.74, 6) is 0.786. The van der Waals surface area contributed by atoms with Gasteiger partial charge in [-0.25, -0.2) is 9.97 Å². The van der Waals surface area contributed by atoms with Gasteiger partial charge >= 0.3 is 6.18 Å². The van der Waals surface area contributed by atoms with Crippen LogP contribution in [0.3, 0.4) is 0 Å². The van der Waals surface area contributed by atoms with E-state index in [1.165, 1.54) is 18.5 Å². The molecule has 6 nitrogen and oxygen atoms in total. The fourth-order valence-electron chi connectivity index (χ4n) is 4.09. The maximum atomic E-state index is 12.9. The molecule has 3 aromatic rings. The molecule has 1 saturated heterocycles. The zero-order valence-electron chi connectivity index (χ0n) is 16.8. The van der Waals surface area contributed by atoms with Gasteiger partial charge in [0.2, 0.25) is 0 Å². The summed E-state index contributed by atoms with van der Waals surface area (Å²) in [6.45, 7) is 2.17. The van der Waals surface area contributed by atoms with Gasteiger partial charge in [-0.05, 0) is 36.6 Å². The quantitative estimate of drug-likeness (QED) is 0.618. The molecule has 1 aliphatic carbocycles. The average Bonchev–Trinajstić information content (AvgIpc) is 3.49. The van der Waals surface area contributed by atoms with E-state index in [1.54, 1.807) is 0 Å². The molecule has 5 rings (SSSR count). The first-order valence-electron chi connectivity index (χ1n) is 10.3. The van der Waals surface area contributed by atoms with Crippen molar-refractivity contribution < 1.29 is 23.0 Å². The first-order valence-corrected chi connectivity index (χ1v) is 10.3. The van der Waals surface area contributed by atoms with E-state index in [-0.39, 0.29) is 12.0 Å². The summed E-state index contributed by atoms with van der Waals surface area (Å²) in [6, 6.07) is 7.60. The molecule has 1 saturated carbocycles. The summed E-state index contributed by atoms with van der Waals surface area (Å²) < 4.78 is 46.0. The fraction of sp³-hybridized carbons (Fsp3) is 0.455. The topological polar surface area (TPSA) is 63.4 Å². The maximum absolute atomic E-state index is 12.9. The van der Waals surface area contributed by atoms with Crippen molar-refractivity contribution in [3.05, 3.63) is 54.0 Å². The first kappa shape index (κ1) is 20.3. The molecule has 9 heteroatoms. The predicted octanol–water partition coefficient (Wildman–Crippen LogP) is 3.63. The van der Waals surface area contributed by atoms with Crippen LogP contribution in [-0.4, -0.2) is 45.5 Å². The Bertz CT molecular complexity index is 1070.